The van der Waals surface area contributed by atoms with Gasteiger partial charge in [0, 0.05) is 36.0 Å². The number of unbranched alkanes of at least 4 members (excludes halogenated alkanes) is 2. The molecule has 0 aliphatic rings. The summed E-state index contributed by atoms with van der Waals surface area (Å²) in [5, 5.41) is 45.4. The third-order valence-electron chi connectivity index (χ3n) is 5.08. The number of carboxylic acids is 2. The monoisotopic (exact) mass is 706 g/mol. The van der Waals surface area contributed by atoms with Gasteiger partial charge >= 0.3 is 35.5 Å². The van der Waals surface area contributed by atoms with Gasteiger partial charge in [-0.2, -0.15) is 0 Å². The van der Waals surface area contributed by atoms with Gasteiger partial charge in [-0.05, 0) is 53.0 Å². The Bertz CT molecular complexity index is 1260. The second-order valence-electron chi connectivity index (χ2n) is 8.31. The van der Waals surface area contributed by atoms with E-state index in [9.17, 15) is 49.6 Å². The topological polar surface area (TPSA) is 263 Å². The van der Waals surface area contributed by atoms with Crippen molar-refractivity contribution in [3.05, 3.63) is 56.9 Å². The number of amides is 2. The molecule has 2 aromatic rings. The molecule has 22 heteroatoms. The van der Waals surface area contributed by atoms with Crippen LogP contribution in [0.1, 0.15) is 19.3 Å². The minimum absolute atomic E-state index is 0.0587. The van der Waals surface area contributed by atoms with Crippen LogP contribution in [0.15, 0.2) is 46.7 Å². The summed E-state index contributed by atoms with van der Waals surface area (Å²) in [4.78, 5) is 75.6. The zero-order valence-corrected chi connectivity index (χ0v) is 26.2. The number of rotatable bonds is 20. The summed E-state index contributed by atoms with van der Waals surface area (Å²) < 4.78 is 9.94. The number of pyridine rings is 2. The Morgan fingerprint density at radius 1 is 0.756 bits per heavy atom. The molecule has 0 aromatic carbocycles. The minimum atomic E-state index is -1.33. The lowest BCUT2D eigenvalue weighted by Crippen LogP contribution is -2.42. The highest BCUT2D eigenvalue weighted by Gasteiger charge is 2.24. The maximum absolute atomic E-state index is 12.0. The molecule has 2 rings (SSSR count). The van der Waals surface area contributed by atoms with Crippen molar-refractivity contribution in [1.82, 2.24) is 20.6 Å². The molecule has 0 aliphatic heterocycles. The quantitative estimate of drug-likeness (QED) is 0.0656. The summed E-state index contributed by atoms with van der Waals surface area (Å²) in [5.41, 5.74) is -0.459. The first-order valence-corrected chi connectivity index (χ1v) is 17.2. The molecule has 2 atom stereocenters. The number of nitro groups is 2. The summed E-state index contributed by atoms with van der Waals surface area (Å²) >= 11 is 0. The van der Waals surface area contributed by atoms with Crippen LogP contribution in [0, 0.1) is 20.2 Å². The zero-order chi connectivity index (χ0) is 33.2. The van der Waals surface area contributed by atoms with Crippen LogP contribution >= 0.6 is 43.2 Å². The number of carboxylic acid groups (broad SMARTS) is 2. The minimum Gasteiger partial charge on any atom is -0.480 e. The van der Waals surface area contributed by atoms with Crippen LogP contribution in [0.2, 0.25) is 0 Å². The summed E-state index contributed by atoms with van der Waals surface area (Å²) in [5.74, 6) is -2.92. The lowest BCUT2D eigenvalue weighted by atomic mass is 10.2. The van der Waals surface area contributed by atoms with Crippen molar-refractivity contribution in [2.75, 3.05) is 24.7 Å². The molecule has 2 amide bonds. The number of hydrogen-bond acceptors (Lipinski definition) is 16. The number of alkyl carbamates (subject to hydrolysis) is 2. The Labute approximate surface area is 270 Å². The largest absolute Gasteiger partial charge is 0.480 e. The molecular formula is C23H26N6O12S4. The Kier molecular flexibility index (Phi) is 16.6. The standard InChI is InChI=1S/C23H26N6O12S4/c30-20(31)14(12-42-44-18-16(28(36)37)6-4-8-24-18)26-22(34)40-10-2-1-3-11-41-23(35)27-15(21(32)33)13-43-45-19-17(29(38)39)7-5-9-25-19/h4-9,14-15H,1-3,10-13H2,(H,26,34)(H,27,35)(H,30,31)(H,32,33). The fourth-order valence-corrected chi connectivity index (χ4v) is 7.33. The van der Waals surface area contributed by atoms with Gasteiger partial charge in [0.25, 0.3) is 0 Å². The van der Waals surface area contributed by atoms with E-state index in [1.54, 1.807) is 0 Å². The Hall–Kier alpha value is -4.02. The highest BCUT2D eigenvalue weighted by Crippen LogP contribution is 2.36. The van der Waals surface area contributed by atoms with E-state index >= 15 is 0 Å². The fraction of sp³-hybridized carbons (Fsp3) is 0.391. The van der Waals surface area contributed by atoms with Crippen molar-refractivity contribution < 1.29 is 48.7 Å². The van der Waals surface area contributed by atoms with E-state index in [1.807, 2.05) is 0 Å². The van der Waals surface area contributed by atoms with Gasteiger partial charge < -0.3 is 30.3 Å². The van der Waals surface area contributed by atoms with E-state index in [4.69, 9.17) is 9.47 Å². The van der Waals surface area contributed by atoms with Gasteiger partial charge in [-0.25, -0.2) is 29.1 Å². The van der Waals surface area contributed by atoms with E-state index in [-0.39, 0.29) is 46.1 Å². The van der Waals surface area contributed by atoms with E-state index in [0.29, 0.717) is 19.3 Å². The van der Waals surface area contributed by atoms with Gasteiger partial charge in [0.15, 0.2) is 10.1 Å². The molecular weight excluding hydrogens is 681 g/mol. The maximum Gasteiger partial charge on any atom is 0.407 e. The number of nitrogens with one attached hydrogen (secondary N) is 2. The summed E-state index contributed by atoms with van der Waals surface area (Å²) in [6.07, 6.45) is 1.95. The van der Waals surface area contributed by atoms with Crippen LogP contribution in [0.5, 0.6) is 0 Å². The first-order valence-electron chi connectivity index (χ1n) is 12.6. The van der Waals surface area contributed by atoms with Crippen molar-refractivity contribution in [1.29, 1.82) is 0 Å². The van der Waals surface area contributed by atoms with Gasteiger partial charge in [0.1, 0.15) is 12.1 Å². The van der Waals surface area contributed by atoms with Crippen molar-refractivity contribution >= 4 is 78.7 Å². The predicted molar refractivity (Wildman–Crippen MR) is 164 cm³/mol. The maximum atomic E-state index is 12.0. The molecule has 0 aliphatic carbocycles. The molecule has 244 valence electrons. The van der Waals surface area contributed by atoms with Crippen LogP contribution in [0.3, 0.4) is 0 Å². The van der Waals surface area contributed by atoms with E-state index in [0.717, 1.165) is 43.2 Å². The van der Waals surface area contributed by atoms with Crippen LogP contribution in [0.25, 0.3) is 0 Å². The van der Waals surface area contributed by atoms with Crippen molar-refractivity contribution in [3.8, 4) is 0 Å². The summed E-state index contributed by atoms with van der Waals surface area (Å²) in [7, 11) is 3.72. The van der Waals surface area contributed by atoms with Crippen LogP contribution in [0.4, 0.5) is 21.0 Å². The lowest BCUT2D eigenvalue weighted by Gasteiger charge is -2.14. The van der Waals surface area contributed by atoms with Gasteiger partial charge in [-0.1, -0.05) is 21.6 Å². The molecule has 45 heavy (non-hydrogen) atoms. The Morgan fingerprint density at radius 3 is 1.51 bits per heavy atom. The molecule has 2 aromatic heterocycles. The lowest BCUT2D eigenvalue weighted by molar-refractivity contribution is -0.388. The summed E-state index contributed by atoms with van der Waals surface area (Å²) in [6.45, 7) is -0.117. The van der Waals surface area contributed by atoms with Gasteiger partial charge in [0.2, 0.25) is 0 Å². The third-order valence-corrected chi connectivity index (χ3v) is 9.67. The van der Waals surface area contributed by atoms with E-state index < -0.39 is 46.1 Å². The number of carbonyl (C=O) groups excluding carboxylic acids is 2. The van der Waals surface area contributed by atoms with Crippen molar-refractivity contribution in [2.24, 2.45) is 0 Å². The highest BCUT2D eigenvalue weighted by atomic mass is 33.1. The third kappa shape index (κ3) is 14.1. The molecule has 0 fully saturated rings. The zero-order valence-electron chi connectivity index (χ0n) is 23.0. The SMILES string of the molecule is O=C(NC(CSSc1ncccc1[N+](=O)[O-])C(=O)O)OCCCCCOC(=O)NC(CSSc1ncccc1[N+](=O)[O-])C(=O)O. The Balaban J connectivity index is 1.61. The van der Waals surface area contributed by atoms with Crippen LogP contribution in [-0.4, -0.2) is 91.0 Å². The van der Waals surface area contributed by atoms with E-state index in [1.165, 1.54) is 36.7 Å². The second kappa shape index (κ2) is 20.1. The molecule has 0 saturated heterocycles. The number of nitrogens with zero attached hydrogens (tertiary/aromatic N) is 4. The van der Waals surface area contributed by atoms with Crippen molar-refractivity contribution in [3.63, 3.8) is 0 Å². The summed E-state index contributed by atoms with van der Waals surface area (Å²) in [6, 6.07) is 2.68. The molecule has 18 nitrogen and oxygen atoms in total. The molecule has 0 spiro atoms. The van der Waals surface area contributed by atoms with Crippen LogP contribution < -0.4 is 10.6 Å². The van der Waals surface area contributed by atoms with Gasteiger partial charge in [0.05, 0.1) is 23.1 Å². The molecule has 0 saturated carbocycles. The predicted octanol–water partition coefficient (Wildman–Crippen LogP) is 4.00. The molecule has 0 bridgehead atoms. The van der Waals surface area contributed by atoms with E-state index in [2.05, 4.69) is 20.6 Å². The number of aliphatic carboxylic acids is 2. The molecule has 0 radical (unpaired) electrons. The smallest absolute Gasteiger partial charge is 0.407 e. The Morgan fingerprint density at radius 2 is 1.16 bits per heavy atom. The van der Waals surface area contributed by atoms with Crippen LogP contribution in [-0.2, 0) is 19.1 Å². The number of ether oxygens (including phenoxy) is 2. The average Bonchev–Trinajstić information content (AvgIpc) is 2.99. The highest BCUT2D eigenvalue weighted by molar-refractivity contribution is 8.77. The molecule has 2 unspecified atom stereocenters. The second-order valence-corrected chi connectivity index (χ2v) is 13.0. The van der Waals surface area contributed by atoms with Gasteiger partial charge in [-0.3, -0.25) is 20.2 Å². The van der Waals surface area contributed by atoms with Gasteiger partial charge in [-0.15, -0.1) is 0 Å². The number of carbonyl (C=O) groups is 4. The molecule has 2 heterocycles. The fourth-order valence-electron chi connectivity index (χ4n) is 2.91. The first kappa shape index (κ1) is 37.2. The first-order chi connectivity index (χ1) is 21.5. The average molecular weight is 707 g/mol. The number of aromatic nitrogens is 2. The number of hydrogen-bond donors (Lipinski definition) is 4. The molecule has 4 N–H and O–H groups in total. The normalized spacial score (nSPS) is 11.9. The van der Waals surface area contributed by atoms with Crippen molar-refractivity contribution in [2.45, 2.75) is 41.4 Å².